The highest BCUT2D eigenvalue weighted by Crippen LogP contribution is 2.25. The summed E-state index contributed by atoms with van der Waals surface area (Å²) in [4.78, 5) is 21.6. The van der Waals surface area contributed by atoms with Gasteiger partial charge < -0.3 is 14.7 Å². The van der Waals surface area contributed by atoms with E-state index in [9.17, 15) is 0 Å². The predicted molar refractivity (Wildman–Crippen MR) is 62.5 cm³/mol. The van der Waals surface area contributed by atoms with Gasteiger partial charge in [-0.3, -0.25) is 0 Å². The molecule has 4 nitrogen and oxygen atoms in total. The van der Waals surface area contributed by atoms with Crippen molar-refractivity contribution >= 4 is 7.82 Å². The van der Waals surface area contributed by atoms with Gasteiger partial charge in [-0.2, -0.15) is 0 Å². The number of hydrogen-bond acceptors (Lipinski definition) is 1. The maximum Gasteiger partial charge on any atom is 0.466 e. The Bertz CT molecular complexity index is 139. The van der Waals surface area contributed by atoms with Gasteiger partial charge in [0.2, 0.25) is 0 Å². The van der Waals surface area contributed by atoms with Crippen molar-refractivity contribution < 1.29 is 19.2 Å². The third kappa shape index (κ3) is 40.9. The van der Waals surface area contributed by atoms with Gasteiger partial charge >= 0.3 is 7.82 Å². The topological polar surface area (TPSA) is 77.8 Å². The van der Waals surface area contributed by atoms with Gasteiger partial charge in [0.05, 0.1) is 0 Å². The second-order valence-electron chi connectivity index (χ2n) is 3.63. The first kappa shape index (κ1) is 17.5. The molecule has 0 saturated carbocycles. The molecule has 0 saturated heterocycles. The summed E-state index contributed by atoms with van der Waals surface area (Å²) < 4.78 is 8.88. The van der Waals surface area contributed by atoms with Crippen molar-refractivity contribution in [1.29, 1.82) is 0 Å². The lowest BCUT2D eigenvalue weighted by Gasteiger charge is -1.97. The average molecular weight is 240 g/mol. The second-order valence-corrected chi connectivity index (χ2v) is 4.66. The Morgan fingerprint density at radius 2 is 0.933 bits per heavy atom. The fourth-order valence-corrected chi connectivity index (χ4v) is 1.21. The summed E-state index contributed by atoms with van der Waals surface area (Å²) in [6.07, 6.45) is 11.5. The molecule has 0 rings (SSSR count). The van der Waals surface area contributed by atoms with Gasteiger partial charge in [-0.25, -0.2) is 4.57 Å². The van der Waals surface area contributed by atoms with Crippen LogP contribution in [0.2, 0.25) is 0 Å². The number of phosphoric acid groups is 1. The van der Waals surface area contributed by atoms with E-state index in [-0.39, 0.29) is 0 Å². The summed E-state index contributed by atoms with van der Waals surface area (Å²) in [5, 5.41) is 0. The Morgan fingerprint density at radius 3 is 1.13 bits per heavy atom. The molecule has 94 valence electrons. The van der Waals surface area contributed by atoms with E-state index in [1.807, 2.05) is 0 Å². The van der Waals surface area contributed by atoms with Crippen LogP contribution in [0.5, 0.6) is 0 Å². The lowest BCUT2D eigenvalue weighted by Crippen LogP contribution is -1.77. The molecular weight excluding hydrogens is 215 g/mol. The quantitative estimate of drug-likeness (QED) is 0.471. The van der Waals surface area contributed by atoms with Gasteiger partial charge in [-0.05, 0) is 0 Å². The summed E-state index contributed by atoms with van der Waals surface area (Å²) in [5.74, 6) is 0. The number of hydrogen-bond donors (Lipinski definition) is 3. The highest BCUT2D eigenvalue weighted by Gasteiger charge is 2.00. The van der Waals surface area contributed by atoms with Crippen molar-refractivity contribution in [3.05, 3.63) is 0 Å². The Kier molecular flexibility index (Phi) is 14.2. The van der Waals surface area contributed by atoms with Crippen molar-refractivity contribution in [3.8, 4) is 0 Å². The second kappa shape index (κ2) is 12.2. The lowest BCUT2D eigenvalue weighted by molar-refractivity contribution is 0.275. The van der Waals surface area contributed by atoms with E-state index in [2.05, 4.69) is 13.8 Å². The van der Waals surface area contributed by atoms with Gasteiger partial charge in [0.1, 0.15) is 0 Å². The van der Waals surface area contributed by atoms with Gasteiger partial charge in [0.15, 0.2) is 0 Å². The molecule has 0 atom stereocenters. The monoisotopic (exact) mass is 240 g/mol. The van der Waals surface area contributed by atoms with Gasteiger partial charge in [-0.1, -0.05) is 65.2 Å². The van der Waals surface area contributed by atoms with Crippen molar-refractivity contribution in [3.63, 3.8) is 0 Å². The van der Waals surface area contributed by atoms with Crippen LogP contribution in [0.15, 0.2) is 0 Å². The van der Waals surface area contributed by atoms with Crippen LogP contribution in [-0.2, 0) is 4.57 Å². The maximum absolute atomic E-state index is 8.88. The Morgan fingerprint density at radius 1 is 0.733 bits per heavy atom. The van der Waals surface area contributed by atoms with Gasteiger partial charge in [0, 0.05) is 0 Å². The van der Waals surface area contributed by atoms with E-state index >= 15 is 0 Å². The van der Waals surface area contributed by atoms with Gasteiger partial charge in [0.25, 0.3) is 0 Å². The maximum atomic E-state index is 8.88. The summed E-state index contributed by atoms with van der Waals surface area (Å²) in [7, 11) is -4.64. The van der Waals surface area contributed by atoms with E-state index in [4.69, 9.17) is 19.2 Å². The average Bonchev–Trinajstić information content (AvgIpc) is 2.08. The molecule has 0 unspecified atom stereocenters. The van der Waals surface area contributed by atoms with E-state index in [0.29, 0.717) is 0 Å². The zero-order valence-corrected chi connectivity index (χ0v) is 10.7. The van der Waals surface area contributed by atoms with Crippen LogP contribution in [0.1, 0.15) is 65.2 Å². The van der Waals surface area contributed by atoms with Crippen LogP contribution in [0.25, 0.3) is 0 Å². The smallest absolute Gasteiger partial charge is 0.303 e. The first-order valence-corrected chi connectivity index (χ1v) is 7.26. The number of rotatable bonds is 7. The van der Waals surface area contributed by atoms with Crippen LogP contribution in [0.3, 0.4) is 0 Å². The fourth-order valence-electron chi connectivity index (χ4n) is 1.21. The lowest BCUT2D eigenvalue weighted by atomic mass is 10.1. The molecule has 0 aromatic carbocycles. The van der Waals surface area contributed by atoms with Crippen LogP contribution in [0, 0.1) is 0 Å². The molecule has 5 heteroatoms. The Hall–Kier alpha value is 0.110. The largest absolute Gasteiger partial charge is 0.466 e. The molecule has 0 aromatic rings. The van der Waals surface area contributed by atoms with Crippen LogP contribution >= 0.6 is 7.82 Å². The molecule has 0 fully saturated rings. The van der Waals surface area contributed by atoms with E-state index in [1.165, 1.54) is 51.4 Å². The highest BCUT2D eigenvalue weighted by molar-refractivity contribution is 7.45. The minimum Gasteiger partial charge on any atom is -0.303 e. The predicted octanol–water partition coefficient (Wildman–Crippen LogP) is 3.22. The van der Waals surface area contributed by atoms with E-state index in [0.717, 1.165) is 0 Å². The fraction of sp³-hybridized carbons (Fsp3) is 1.00. The van der Waals surface area contributed by atoms with Crippen LogP contribution in [-0.4, -0.2) is 14.7 Å². The minimum absolute atomic E-state index is 1.37. The first-order chi connectivity index (χ1) is 6.91. The molecule has 0 aliphatic heterocycles. The molecule has 0 heterocycles. The zero-order chi connectivity index (χ0) is 12.2. The summed E-state index contributed by atoms with van der Waals surface area (Å²) in [5.41, 5.74) is 0. The molecule has 15 heavy (non-hydrogen) atoms. The molecule has 3 N–H and O–H groups in total. The van der Waals surface area contributed by atoms with Crippen molar-refractivity contribution in [2.24, 2.45) is 0 Å². The highest BCUT2D eigenvalue weighted by atomic mass is 31.2. The number of unbranched alkanes of at least 4 members (excludes halogenated alkanes) is 7. The van der Waals surface area contributed by atoms with E-state index in [1.54, 1.807) is 0 Å². The summed E-state index contributed by atoms with van der Waals surface area (Å²) in [6, 6.07) is 0. The van der Waals surface area contributed by atoms with Crippen molar-refractivity contribution in [1.82, 2.24) is 0 Å². The molecule has 0 spiro atoms. The van der Waals surface area contributed by atoms with Crippen molar-refractivity contribution in [2.75, 3.05) is 0 Å². The first-order valence-electron chi connectivity index (χ1n) is 5.70. The molecule has 0 radical (unpaired) electrons. The SMILES string of the molecule is CCCCCCCCCC.O=P(O)(O)O. The Labute approximate surface area is 93.0 Å². The molecule has 0 aromatic heterocycles. The standard InChI is InChI=1S/C10H22.H3O4P/c1-3-5-7-9-10-8-6-4-2;1-5(2,3)4/h3-10H2,1-2H3;(H3,1,2,3,4). The zero-order valence-electron chi connectivity index (χ0n) is 9.85. The molecule has 0 amide bonds. The summed E-state index contributed by atoms with van der Waals surface area (Å²) >= 11 is 0. The molecule has 0 aliphatic carbocycles. The molecule has 0 aliphatic rings. The van der Waals surface area contributed by atoms with Gasteiger partial charge in [-0.15, -0.1) is 0 Å². The third-order valence-corrected chi connectivity index (χ3v) is 1.96. The Balaban J connectivity index is 0. The van der Waals surface area contributed by atoms with Crippen LogP contribution in [0.4, 0.5) is 0 Å². The van der Waals surface area contributed by atoms with Crippen LogP contribution < -0.4 is 0 Å². The summed E-state index contributed by atoms with van der Waals surface area (Å²) in [6.45, 7) is 4.54. The molecule has 0 bridgehead atoms. The minimum atomic E-state index is -4.64. The van der Waals surface area contributed by atoms with E-state index < -0.39 is 7.82 Å². The molecular formula is C10H25O4P. The third-order valence-electron chi connectivity index (χ3n) is 1.96. The van der Waals surface area contributed by atoms with Crippen molar-refractivity contribution in [2.45, 2.75) is 65.2 Å². The normalized spacial score (nSPS) is 10.7.